The standard InChI is InChI=1S/C16H17N5OS/c1-12-4-6-13(7-5-12)16-18-20-21(19-16)11-15(22)17-9-8-14-3-2-10-23-14/h2-7,10H,8-9,11H2,1H3,(H,17,22). The summed E-state index contributed by atoms with van der Waals surface area (Å²) >= 11 is 1.69. The largest absolute Gasteiger partial charge is 0.354 e. The summed E-state index contributed by atoms with van der Waals surface area (Å²) in [5.74, 6) is 0.408. The number of amides is 1. The van der Waals surface area contributed by atoms with Crippen LogP contribution >= 0.6 is 11.3 Å². The molecule has 23 heavy (non-hydrogen) atoms. The van der Waals surface area contributed by atoms with Crippen LogP contribution in [0.15, 0.2) is 41.8 Å². The van der Waals surface area contributed by atoms with Crippen molar-refractivity contribution in [2.45, 2.75) is 19.9 Å². The molecule has 0 saturated carbocycles. The second kappa shape index (κ2) is 7.15. The van der Waals surface area contributed by atoms with Crippen molar-refractivity contribution in [3.8, 4) is 11.4 Å². The maximum Gasteiger partial charge on any atom is 0.243 e. The second-order valence-electron chi connectivity index (χ2n) is 5.19. The van der Waals surface area contributed by atoms with Crippen molar-refractivity contribution < 1.29 is 4.79 Å². The molecule has 1 amide bonds. The van der Waals surface area contributed by atoms with Crippen molar-refractivity contribution >= 4 is 17.2 Å². The summed E-state index contributed by atoms with van der Waals surface area (Å²) in [5, 5.41) is 17.1. The van der Waals surface area contributed by atoms with Crippen LogP contribution in [0.3, 0.4) is 0 Å². The second-order valence-corrected chi connectivity index (χ2v) is 6.22. The summed E-state index contributed by atoms with van der Waals surface area (Å²) in [7, 11) is 0. The number of thiophene rings is 1. The average molecular weight is 327 g/mol. The van der Waals surface area contributed by atoms with Gasteiger partial charge in [-0.3, -0.25) is 4.79 Å². The summed E-state index contributed by atoms with van der Waals surface area (Å²) in [4.78, 5) is 14.5. The van der Waals surface area contributed by atoms with Gasteiger partial charge in [-0.15, -0.1) is 21.5 Å². The number of rotatable bonds is 6. The minimum absolute atomic E-state index is 0.0727. The lowest BCUT2D eigenvalue weighted by atomic mass is 10.1. The predicted octanol–water partition coefficient (Wildman–Crippen LogP) is 2.07. The van der Waals surface area contributed by atoms with Crippen molar-refractivity contribution in [3.05, 3.63) is 52.2 Å². The first-order valence-electron chi connectivity index (χ1n) is 7.34. The highest BCUT2D eigenvalue weighted by Crippen LogP contribution is 2.13. The van der Waals surface area contributed by atoms with Gasteiger partial charge in [0.2, 0.25) is 11.7 Å². The van der Waals surface area contributed by atoms with Gasteiger partial charge in [0.1, 0.15) is 6.54 Å². The molecule has 3 rings (SSSR count). The van der Waals surface area contributed by atoms with Crippen LogP contribution in [0, 0.1) is 6.92 Å². The first kappa shape index (κ1) is 15.4. The number of aryl methyl sites for hydroxylation is 1. The molecule has 3 aromatic rings. The molecule has 6 nitrogen and oxygen atoms in total. The number of tetrazole rings is 1. The molecule has 118 valence electrons. The van der Waals surface area contributed by atoms with Crippen LogP contribution in [0.1, 0.15) is 10.4 Å². The Morgan fingerprint density at radius 2 is 2.09 bits per heavy atom. The van der Waals surface area contributed by atoms with E-state index < -0.39 is 0 Å². The fourth-order valence-corrected chi connectivity index (χ4v) is 2.80. The number of hydrogen-bond donors (Lipinski definition) is 1. The zero-order chi connectivity index (χ0) is 16.1. The maximum atomic E-state index is 11.9. The molecule has 1 aromatic carbocycles. The van der Waals surface area contributed by atoms with E-state index in [1.165, 1.54) is 15.2 Å². The molecule has 2 aromatic heterocycles. The minimum atomic E-state index is -0.116. The van der Waals surface area contributed by atoms with Gasteiger partial charge < -0.3 is 5.32 Å². The number of carbonyl (C=O) groups excluding carboxylic acids is 1. The summed E-state index contributed by atoms with van der Waals surface area (Å²) in [5.41, 5.74) is 2.06. The Kier molecular flexibility index (Phi) is 4.77. The van der Waals surface area contributed by atoms with Gasteiger partial charge in [-0.2, -0.15) is 4.80 Å². The Labute approximate surface area is 138 Å². The Bertz CT molecular complexity index is 764. The molecule has 0 saturated heterocycles. The van der Waals surface area contributed by atoms with E-state index >= 15 is 0 Å². The highest BCUT2D eigenvalue weighted by atomic mass is 32.1. The molecule has 0 aliphatic carbocycles. The van der Waals surface area contributed by atoms with E-state index in [0.717, 1.165) is 12.0 Å². The molecule has 0 atom stereocenters. The fourth-order valence-electron chi connectivity index (χ4n) is 2.09. The molecule has 0 fully saturated rings. The van der Waals surface area contributed by atoms with Crippen LogP contribution in [0.2, 0.25) is 0 Å². The van der Waals surface area contributed by atoms with Gasteiger partial charge in [0, 0.05) is 17.0 Å². The molecular formula is C16H17N5OS. The summed E-state index contributed by atoms with van der Waals surface area (Å²) in [6.45, 7) is 2.71. The Hall–Kier alpha value is -2.54. The van der Waals surface area contributed by atoms with Crippen molar-refractivity contribution in [2.24, 2.45) is 0 Å². The van der Waals surface area contributed by atoms with E-state index in [1.807, 2.05) is 42.6 Å². The molecule has 0 radical (unpaired) electrons. The number of aromatic nitrogens is 4. The van der Waals surface area contributed by atoms with Crippen molar-refractivity contribution in [1.29, 1.82) is 0 Å². The maximum absolute atomic E-state index is 11.9. The number of hydrogen-bond acceptors (Lipinski definition) is 5. The van der Waals surface area contributed by atoms with Crippen molar-refractivity contribution in [3.63, 3.8) is 0 Å². The summed E-state index contributed by atoms with van der Waals surface area (Å²) < 4.78 is 0. The van der Waals surface area contributed by atoms with E-state index in [4.69, 9.17) is 0 Å². The van der Waals surface area contributed by atoms with Crippen LogP contribution < -0.4 is 5.32 Å². The van der Waals surface area contributed by atoms with E-state index in [1.54, 1.807) is 11.3 Å². The van der Waals surface area contributed by atoms with Crippen LogP contribution in [0.25, 0.3) is 11.4 Å². The lowest BCUT2D eigenvalue weighted by Crippen LogP contribution is -2.30. The normalized spacial score (nSPS) is 10.7. The third-order valence-corrected chi connectivity index (χ3v) is 4.26. The molecule has 0 unspecified atom stereocenters. The Morgan fingerprint density at radius 1 is 1.26 bits per heavy atom. The number of nitrogens with zero attached hydrogens (tertiary/aromatic N) is 4. The lowest BCUT2D eigenvalue weighted by molar-refractivity contribution is -0.122. The molecule has 1 N–H and O–H groups in total. The minimum Gasteiger partial charge on any atom is -0.354 e. The van der Waals surface area contributed by atoms with Gasteiger partial charge in [0.15, 0.2) is 0 Å². The van der Waals surface area contributed by atoms with E-state index in [-0.39, 0.29) is 12.5 Å². The number of benzene rings is 1. The highest BCUT2D eigenvalue weighted by molar-refractivity contribution is 7.09. The van der Waals surface area contributed by atoms with Gasteiger partial charge in [-0.05, 0) is 30.0 Å². The van der Waals surface area contributed by atoms with Crippen LogP contribution in [0.5, 0.6) is 0 Å². The summed E-state index contributed by atoms with van der Waals surface area (Å²) in [6.07, 6.45) is 0.836. The number of nitrogens with one attached hydrogen (secondary N) is 1. The Morgan fingerprint density at radius 3 is 2.83 bits per heavy atom. The third kappa shape index (κ3) is 4.23. The topological polar surface area (TPSA) is 72.7 Å². The fraction of sp³-hybridized carbons (Fsp3) is 0.250. The van der Waals surface area contributed by atoms with E-state index in [0.29, 0.717) is 12.4 Å². The highest BCUT2D eigenvalue weighted by Gasteiger charge is 2.09. The smallest absolute Gasteiger partial charge is 0.243 e. The van der Waals surface area contributed by atoms with Gasteiger partial charge >= 0.3 is 0 Å². The molecule has 0 aliphatic heterocycles. The van der Waals surface area contributed by atoms with Crippen LogP contribution in [0.4, 0.5) is 0 Å². The SMILES string of the molecule is Cc1ccc(-c2nnn(CC(=O)NCCc3cccs3)n2)cc1. The van der Waals surface area contributed by atoms with E-state index in [2.05, 4.69) is 26.8 Å². The van der Waals surface area contributed by atoms with Gasteiger partial charge in [0.25, 0.3) is 0 Å². The van der Waals surface area contributed by atoms with Crippen LogP contribution in [-0.4, -0.2) is 32.7 Å². The first-order valence-corrected chi connectivity index (χ1v) is 8.22. The average Bonchev–Trinajstić information content (AvgIpc) is 3.20. The lowest BCUT2D eigenvalue weighted by Gasteiger charge is -2.03. The molecule has 2 heterocycles. The van der Waals surface area contributed by atoms with Gasteiger partial charge in [0.05, 0.1) is 0 Å². The molecule has 0 spiro atoms. The zero-order valence-corrected chi connectivity index (χ0v) is 13.6. The summed E-state index contributed by atoms with van der Waals surface area (Å²) in [6, 6.07) is 11.9. The molecule has 0 bridgehead atoms. The molecule has 7 heteroatoms. The Balaban J connectivity index is 1.52. The predicted molar refractivity (Wildman–Crippen MR) is 89.0 cm³/mol. The van der Waals surface area contributed by atoms with E-state index in [9.17, 15) is 4.79 Å². The quantitative estimate of drug-likeness (QED) is 0.752. The zero-order valence-electron chi connectivity index (χ0n) is 12.8. The molecular weight excluding hydrogens is 310 g/mol. The van der Waals surface area contributed by atoms with Crippen LogP contribution in [-0.2, 0) is 17.8 Å². The third-order valence-electron chi connectivity index (χ3n) is 3.32. The first-order chi connectivity index (χ1) is 11.2. The number of carbonyl (C=O) groups is 1. The monoisotopic (exact) mass is 327 g/mol. The van der Waals surface area contributed by atoms with Crippen molar-refractivity contribution in [1.82, 2.24) is 25.5 Å². The van der Waals surface area contributed by atoms with Crippen molar-refractivity contribution in [2.75, 3.05) is 6.54 Å². The molecule has 0 aliphatic rings. The van der Waals surface area contributed by atoms with Gasteiger partial charge in [-0.1, -0.05) is 35.9 Å². The van der Waals surface area contributed by atoms with Gasteiger partial charge in [-0.25, -0.2) is 0 Å².